The van der Waals surface area contributed by atoms with Gasteiger partial charge in [0.1, 0.15) is 0 Å². The number of benzene rings is 2. The zero-order valence-electron chi connectivity index (χ0n) is 12.0. The fraction of sp³-hybridized carbons (Fsp3) is 0.0588. The van der Waals surface area contributed by atoms with Crippen LogP contribution in [-0.4, -0.2) is 27.6 Å². The number of ether oxygens (including phenoxy) is 2. The molecule has 1 aliphatic heterocycles. The summed E-state index contributed by atoms with van der Waals surface area (Å²) in [6.45, 7) is 0.236. The molecule has 3 aromatic rings. The van der Waals surface area contributed by atoms with Crippen molar-refractivity contribution >= 4 is 5.97 Å². The predicted octanol–water partition coefficient (Wildman–Crippen LogP) is 2.97. The second kappa shape index (κ2) is 5.17. The quantitative estimate of drug-likeness (QED) is 0.805. The summed E-state index contributed by atoms with van der Waals surface area (Å²) in [7, 11) is 0. The first-order chi connectivity index (χ1) is 11.2. The third-order valence-electron chi connectivity index (χ3n) is 3.65. The van der Waals surface area contributed by atoms with E-state index in [9.17, 15) is 4.79 Å². The van der Waals surface area contributed by atoms with Gasteiger partial charge in [0.25, 0.3) is 0 Å². The maximum absolute atomic E-state index is 11.1. The Bertz CT molecular complexity index is 901. The van der Waals surface area contributed by atoms with Gasteiger partial charge in [-0.25, -0.2) is 9.48 Å². The highest BCUT2D eigenvalue weighted by molar-refractivity contribution is 5.88. The summed E-state index contributed by atoms with van der Waals surface area (Å²) in [5.74, 6) is 0.480. The van der Waals surface area contributed by atoms with Gasteiger partial charge < -0.3 is 14.6 Å². The Morgan fingerprint density at radius 3 is 2.83 bits per heavy atom. The first-order valence-electron chi connectivity index (χ1n) is 6.99. The van der Waals surface area contributed by atoms with Crippen molar-refractivity contribution in [2.24, 2.45) is 0 Å². The first-order valence-corrected chi connectivity index (χ1v) is 6.99. The van der Waals surface area contributed by atoms with Crippen molar-refractivity contribution in [1.82, 2.24) is 9.78 Å². The summed E-state index contributed by atoms with van der Waals surface area (Å²) < 4.78 is 12.3. The van der Waals surface area contributed by atoms with Crippen LogP contribution < -0.4 is 9.47 Å². The van der Waals surface area contributed by atoms with Gasteiger partial charge in [-0.3, -0.25) is 0 Å². The van der Waals surface area contributed by atoms with E-state index in [0.29, 0.717) is 11.4 Å². The Hall–Kier alpha value is -3.28. The van der Waals surface area contributed by atoms with Crippen LogP contribution in [0.5, 0.6) is 11.5 Å². The maximum atomic E-state index is 11.1. The number of carboxylic acids is 1. The zero-order valence-corrected chi connectivity index (χ0v) is 12.0. The van der Waals surface area contributed by atoms with E-state index in [2.05, 4.69) is 5.10 Å². The van der Waals surface area contributed by atoms with Crippen LogP contribution in [0.25, 0.3) is 16.8 Å². The fourth-order valence-electron chi connectivity index (χ4n) is 2.47. The molecule has 114 valence electrons. The van der Waals surface area contributed by atoms with Gasteiger partial charge in [-0.15, -0.1) is 0 Å². The van der Waals surface area contributed by atoms with Gasteiger partial charge in [0, 0.05) is 11.8 Å². The molecule has 0 saturated carbocycles. The van der Waals surface area contributed by atoms with Crippen LogP contribution >= 0.6 is 0 Å². The van der Waals surface area contributed by atoms with Gasteiger partial charge >= 0.3 is 5.97 Å². The summed E-state index contributed by atoms with van der Waals surface area (Å²) in [6, 6.07) is 12.3. The summed E-state index contributed by atoms with van der Waals surface area (Å²) in [5.41, 5.74) is 2.78. The molecule has 0 bridgehead atoms. The zero-order chi connectivity index (χ0) is 15.8. The SMILES string of the molecule is O=C(O)c1cccc(-n2cc(-c3ccc4c(c3)OCO4)cn2)c1. The molecule has 0 radical (unpaired) electrons. The standard InChI is InChI=1S/C17H12N2O4/c20-17(21)12-2-1-3-14(6-12)19-9-13(8-18-19)11-4-5-15-16(7-11)23-10-22-15/h1-9H,10H2,(H,20,21). The van der Waals surface area contributed by atoms with E-state index in [1.807, 2.05) is 30.5 Å². The van der Waals surface area contributed by atoms with Gasteiger partial charge in [0.15, 0.2) is 11.5 Å². The summed E-state index contributed by atoms with van der Waals surface area (Å²) in [4.78, 5) is 11.1. The van der Waals surface area contributed by atoms with Crippen molar-refractivity contribution in [2.45, 2.75) is 0 Å². The molecule has 6 heteroatoms. The number of hydrogen-bond donors (Lipinski definition) is 1. The van der Waals surface area contributed by atoms with E-state index in [-0.39, 0.29) is 12.4 Å². The molecule has 1 N–H and O–H groups in total. The predicted molar refractivity (Wildman–Crippen MR) is 82.1 cm³/mol. The molecule has 1 aliphatic rings. The molecule has 0 atom stereocenters. The third-order valence-corrected chi connectivity index (χ3v) is 3.65. The molecule has 0 aliphatic carbocycles. The number of aromatic nitrogens is 2. The van der Waals surface area contributed by atoms with Gasteiger partial charge in [0.05, 0.1) is 17.4 Å². The number of rotatable bonds is 3. The minimum Gasteiger partial charge on any atom is -0.478 e. The van der Waals surface area contributed by atoms with E-state index >= 15 is 0 Å². The molecule has 2 heterocycles. The molecule has 0 saturated heterocycles. The minimum atomic E-state index is -0.963. The largest absolute Gasteiger partial charge is 0.478 e. The number of carboxylic acid groups (broad SMARTS) is 1. The first kappa shape index (κ1) is 13.4. The Kier molecular flexibility index (Phi) is 3.01. The van der Waals surface area contributed by atoms with Gasteiger partial charge in [0.2, 0.25) is 6.79 Å². The highest BCUT2D eigenvalue weighted by atomic mass is 16.7. The van der Waals surface area contributed by atoms with Crippen molar-refractivity contribution in [2.75, 3.05) is 6.79 Å². The lowest BCUT2D eigenvalue weighted by Gasteiger charge is -2.02. The van der Waals surface area contributed by atoms with Gasteiger partial charge in [-0.2, -0.15) is 5.10 Å². The highest BCUT2D eigenvalue weighted by Crippen LogP contribution is 2.35. The third kappa shape index (κ3) is 2.40. The van der Waals surface area contributed by atoms with Crippen molar-refractivity contribution < 1.29 is 19.4 Å². The second-order valence-corrected chi connectivity index (χ2v) is 5.10. The molecule has 23 heavy (non-hydrogen) atoms. The summed E-state index contributed by atoms with van der Waals surface area (Å²) in [6.07, 6.45) is 3.57. The lowest BCUT2D eigenvalue weighted by Crippen LogP contribution is -1.99. The molecule has 0 amide bonds. The molecule has 1 aromatic heterocycles. The average Bonchev–Trinajstić information content (AvgIpc) is 3.23. The molecule has 0 spiro atoms. The van der Waals surface area contributed by atoms with Crippen molar-refractivity contribution in [3.8, 4) is 28.3 Å². The number of hydrogen-bond acceptors (Lipinski definition) is 4. The van der Waals surface area contributed by atoms with E-state index in [4.69, 9.17) is 14.6 Å². The molecular weight excluding hydrogens is 296 g/mol. The molecule has 0 unspecified atom stereocenters. The van der Waals surface area contributed by atoms with Crippen LogP contribution in [0.4, 0.5) is 0 Å². The molecular formula is C17H12N2O4. The lowest BCUT2D eigenvalue weighted by atomic mass is 10.1. The van der Waals surface area contributed by atoms with E-state index in [1.54, 1.807) is 29.1 Å². The van der Waals surface area contributed by atoms with Crippen LogP contribution in [0.15, 0.2) is 54.9 Å². The molecule has 6 nitrogen and oxygen atoms in total. The normalized spacial score (nSPS) is 12.3. The molecule has 4 rings (SSSR count). The smallest absolute Gasteiger partial charge is 0.335 e. The Morgan fingerprint density at radius 1 is 1.09 bits per heavy atom. The van der Waals surface area contributed by atoms with Crippen LogP contribution in [0.1, 0.15) is 10.4 Å². The fourth-order valence-corrected chi connectivity index (χ4v) is 2.47. The Balaban J connectivity index is 1.69. The summed E-state index contributed by atoms with van der Waals surface area (Å²) in [5, 5.41) is 13.4. The molecule has 0 fully saturated rings. The van der Waals surface area contributed by atoms with E-state index in [1.165, 1.54) is 0 Å². The Morgan fingerprint density at radius 2 is 1.96 bits per heavy atom. The maximum Gasteiger partial charge on any atom is 0.335 e. The van der Waals surface area contributed by atoms with Crippen molar-refractivity contribution in [3.63, 3.8) is 0 Å². The number of carbonyl (C=O) groups is 1. The molecule has 2 aromatic carbocycles. The highest BCUT2D eigenvalue weighted by Gasteiger charge is 2.14. The van der Waals surface area contributed by atoms with Crippen LogP contribution in [0.3, 0.4) is 0 Å². The van der Waals surface area contributed by atoms with Gasteiger partial charge in [-0.05, 0) is 35.9 Å². The van der Waals surface area contributed by atoms with Crippen LogP contribution in [-0.2, 0) is 0 Å². The average molecular weight is 308 g/mol. The number of aromatic carboxylic acids is 1. The topological polar surface area (TPSA) is 73.6 Å². The van der Waals surface area contributed by atoms with Crippen molar-refractivity contribution in [3.05, 3.63) is 60.4 Å². The van der Waals surface area contributed by atoms with Gasteiger partial charge in [-0.1, -0.05) is 12.1 Å². The van der Waals surface area contributed by atoms with E-state index < -0.39 is 5.97 Å². The van der Waals surface area contributed by atoms with Crippen LogP contribution in [0, 0.1) is 0 Å². The number of nitrogens with zero attached hydrogens (tertiary/aromatic N) is 2. The Labute approximate surface area is 131 Å². The van der Waals surface area contributed by atoms with E-state index in [0.717, 1.165) is 16.9 Å². The van der Waals surface area contributed by atoms with Crippen LogP contribution in [0.2, 0.25) is 0 Å². The minimum absolute atomic E-state index is 0.225. The number of fused-ring (bicyclic) bond motifs is 1. The second-order valence-electron chi connectivity index (χ2n) is 5.10. The van der Waals surface area contributed by atoms with Crippen molar-refractivity contribution in [1.29, 1.82) is 0 Å². The monoisotopic (exact) mass is 308 g/mol. The lowest BCUT2D eigenvalue weighted by molar-refractivity contribution is 0.0697. The summed E-state index contributed by atoms with van der Waals surface area (Å²) >= 11 is 0.